The molecular weight excluding hydrogens is 292 g/mol. The molecule has 2 aromatic rings. The average Bonchev–Trinajstić information content (AvgIpc) is 2.41. The number of ether oxygens (including phenoxy) is 1. The van der Waals surface area contributed by atoms with E-state index in [1.165, 1.54) is 5.56 Å². The van der Waals surface area contributed by atoms with Crippen LogP contribution in [-0.4, -0.2) is 12.9 Å². The van der Waals surface area contributed by atoms with E-state index in [2.05, 4.69) is 28.1 Å². The van der Waals surface area contributed by atoms with Gasteiger partial charge in [-0.3, -0.25) is 4.79 Å². The molecule has 0 amide bonds. The number of hydrogen-bond acceptors (Lipinski definition) is 2. The van der Waals surface area contributed by atoms with E-state index in [9.17, 15) is 4.79 Å². The highest BCUT2D eigenvalue weighted by molar-refractivity contribution is 9.10. The third-order valence-corrected chi connectivity index (χ3v) is 3.10. The molecule has 18 heavy (non-hydrogen) atoms. The van der Waals surface area contributed by atoms with E-state index in [1.54, 1.807) is 12.1 Å². The van der Waals surface area contributed by atoms with Crippen LogP contribution >= 0.6 is 15.9 Å². The van der Waals surface area contributed by atoms with E-state index in [0.717, 1.165) is 22.9 Å². The lowest BCUT2D eigenvalue weighted by molar-refractivity contribution is 0.112. The summed E-state index contributed by atoms with van der Waals surface area (Å²) in [4.78, 5) is 10.6. The summed E-state index contributed by atoms with van der Waals surface area (Å²) < 4.78 is 6.69. The lowest BCUT2D eigenvalue weighted by Gasteiger charge is -2.06. The zero-order valence-corrected chi connectivity index (χ0v) is 11.4. The molecule has 0 aliphatic rings. The van der Waals surface area contributed by atoms with Gasteiger partial charge in [0.2, 0.25) is 0 Å². The van der Waals surface area contributed by atoms with Gasteiger partial charge in [0.25, 0.3) is 0 Å². The van der Waals surface area contributed by atoms with Crippen molar-refractivity contribution in [3.05, 3.63) is 64.1 Å². The predicted molar refractivity (Wildman–Crippen MR) is 75.2 cm³/mol. The Labute approximate surface area is 115 Å². The van der Waals surface area contributed by atoms with Gasteiger partial charge in [-0.2, -0.15) is 0 Å². The predicted octanol–water partition coefficient (Wildman–Crippen LogP) is 3.88. The summed E-state index contributed by atoms with van der Waals surface area (Å²) in [5.74, 6) is 0.733. The van der Waals surface area contributed by atoms with E-state index >= 15 is 0 Å². The van der Waals surface area contributed by atoms with Crippen molar-refractivity contribution in [1.29, 1.82) is 0 Å². The Morgan fingerprint density at radius 3 is 2.61 bits per heavy atom. The highest BCUT2D eigenvalue weighted by Crippen LogP contribution is 2.14. The summed E-state index contributed by atoms with van der Waals surface area (Å²) >= 11 is 3.40. The molecule has 0 saturated heterocycles. The molecule has 3 heteroatoms. The first-order valence-corrected chi connectivity index (χ1v) is 6.50. The van der Waals surface area contributed by atoms with Gasteiger partial charge < -0.3 is 4.74 Å². The number of halogens is 1. The van der Waals surface area contributed by atoms with Crippen LogP contribution in [0.3, 0.4) is 0 Å². The maximum Gasteiger partial charge on any atom is 0.150 e. The van der Waals surface area contributed by atoms with Gasteiger partial charge in [-0.1, -0.05) is 40.2 Å². The minimum Gasteiger partial charge on any atom is -0.493 e. The smallest absolute Gasteiger partial charge is 0.150 e. The molecule has 0 aliphatic heterocycles. The number of rotatable bonds is 5. The fourth-order valence-electron chi connectivity index (χ4n) is 1.62. The minimum atomic E-state index is 0.601. The Hall–Kier alpha value is -1.61. The van der Waals surface area contributed by atoms with E-state index in [4.69, 9.17) is 4.74 Å². The molecule has 92 valence electrons. The molecule has 0 aliphatic carbocycles. The Kier molecular flexibility index (Phi) is 4.53. The number of benzene rings is 2. The van der Waals surface area contributed by atoms with Gasteiger partial charge in [0.15, 0.2) is 0 Å². The van der Waals surface area contributed by atoms with Crippen molar-refractivity contribution in [3.63, 3.8) is 0 Å². The molecular formula is C15H13BrO2. The number of carbonyl (C=O) groups excluding carboxylic acids is 1. The van der Waals surface area contributed by atoms with Crippen LogP contribution in [0.4, 0.5) is 0 Å². The second kappa shape index (κ2) is 6.36. The first-order valence-electron chi connectivity index (χ1n) is 5.70. The maximum absolute atomic E-state index is 10.6. The standard InChI is InChI=1S/C15H13BrO2/c16-14-6-4-12(5-7-14)8-9-18-15-3-1-2-13(10-15)11-17/h1-7,10-11H,8-9H2. The molecule has 0 saturated carbocycles. The van der Waals surface area contributed by atoms with Crippen LogP contribution in [0, 0.1) is 0 Å². The van der Waals surface area contributed by atoms with E-state index in [0.29, 0.717) is 12.2 Å². The molecule has 0 spiro atoms. The fourth-order valence-corrected chi connectivity index (χ4v) is 1.88. The van der Waals surface area contributed by atoms with Crippen molar-refractivity contribution in [2.45, 2.75) is 6.42 Å². The molecule has 0 fully saturated rings. The summed E-state index contributed by atoms with van der Waals surface area (Å²) in [6, 6.07) is 15.3. The van der Waals surface area contributed by atoms with Gasteiger partial charge in [0.05, 0.1) is 6.61 Å². The minimum absolute atomic E-state index is 0.601. The first-order chi connectivity index (χ1) is 8.78. The second-order valence-electron chi connectivity index (χ2n) is 3.92. The number of hydrogen-bond donors (Lipinski definition) is 0. The van der Waals surface area contributed by atoms with Gasteiger partial charge in [0, 0.05) is 16.5 Å². The quantitative estimate of drug-likeness (QED) is 0.784. The molecule has 0 atom stereocenters. The van der Waals surface area contributed by atoms with E-state index in [1.807, 2.05) is 24.3 Å². The summed E-state index contributed by atoms with van der Waals surface area (Å²) in [5, 5.41) is 0. The largest absolute Gasteiger partial charge is 0.493 e. The van der Waals surface area contributed by atoms with Gasteiger partial charge in [-0.05, 0) is 29.8 Å². The average molecular weight is 305 g/mol. The van der Waals surface area contributed by atoms with Gasteiger partial charge in [-0.25, -0.2) is 0 Å². The Morgan fingerprint density at radius 2 is 1.89 bits per heavy atom. The SMILES string of the molecule is O=Cc1cccc(OCCc2ccc(Br)cc2)c1. The molecule has 0 unspecified atom stereocenters. The highest BCUT2D eigenvalue weighted by atomic mass is 79.9. The third kappa shape index (κ3) is 3.70. The number of carbonyl (C=O) groups is 1. The zero-order chi connectivity index (χ0) is 12.8. The van der Waals surface area contributed by atoms with Crippen LogP contribution in [0.15, 0.2) is 53.0 Å². The third-order valence-electron chi connectivity index (χ3n) is 2.57. The van der Waals surface area contributed by atoms with Crippen LogP contribution in [0.1, 0.15) is 15.9 Å². The monoisotopic (exact) mass is 304 g/mol. The van der Waals surface area contributed by atoms with Crippen LogP contribution in [0.25, 0.3) is 0 Å². The Morgan fingerprint density at radius 1 is 1.11 bits per heavy atom. The molecule has 0 radical (unpaired) electrons. The van der Waals surface area contributed by atoms with Crippen molar-refractivity contribution in [1.82, 2.24) is 0 Å². The van der Waals surface area contributed by atoms with Crippen molar-refractivity contribution >= 4 is 22.2 Å². The number of aldehydes is 1. The molecule has 0 N–H and O–H groups in total. The zero-order valence-electron chi connectivity index (χ0n) is 9.80. The van der Waals surface area contributed by atoms with Crippen molar-refractivity contribution in [2.75, 3.05) is 6.61 Å². The Balaban J connectivity index is 1.88. The molecule has 0 bridgehead atoms. The van der Waals surface area contributed by atoms with E-state index in [-0.39, 0.29) is 0 Å². The van der Waals surface area contributed by atoms with Gasteiger partial charge in [0.1, 0.15) is 12.0 Å². The fraction of sp³-hybridized carbons (Fsp3) is 0.133. The highest BCUT2D eigenvalue weighted by Gasteiger charge is 1.97. The molecule has 0 heterocycles. The molecule has 0 aromatic heterocycles. The second-order valence-corrected chi connectivity index (χ2v) is 4.83. The first kappa shape index (κ1) is 12.8. The molecule has 2 rings (SSSR count). The summed E-state index contributed by atoms with van der Waals surface area (Å²) in [5.41, 5.74) is 1.86. The van der Waals surface area contributed by atoms with Crippen LogP contribution in [0.2, 0.25) is 0 Å². The van der Waals surface area contributed by atoms with Gasteiger partial charge >= 0.3 is 0 Å². The maximum atomic E-state index is 10.6. The Bertz CT molecular complexity index is 520. The molecule has 2 aromatic carbocycles. The summed E-state index contributed by atoms with van der Waals surface area (Å²) in [6.45, 7) is 0.601. The molecule has 2 nitrogen and oxygen atoms in total. The van der Waals surface area contributed by atoms with Crippen LogP contribution in [-0.2, 0) is 6.42 Å². The van der Waals surface area contributed by atoms with E-state index < -0.39 is 0 Å². The summed E-state index contributed by atoms with van der Waals surface area (Å²) in [7, 11) is 0. The van der Waals surface area contributed by atoms with Gasteiger partial charge in [-0.15, -0.1) is 0 Å². The van der Waals surface area contributed by atoms with Crippen molar-refractivity contribution in [2.24, 2.45) is 0 Å². The topological polar surface area (TPSA) is 26.3 Å². The van der Waals surface area contributed by atoms with Crippen LogP contribution in [0.5, 0.6) is 5.75 Å². The van der Waals surface area contributed by atoms with Crippen LogP contribution < -0.4 is 4.74 Å². The lowest BCUT2D eigenvalue weighted by atomic mass is 10.2. The normalized spacial score (nSPS) is 10.1. The lowest BCUT2D eigenvalue weighted by Crippen LogP contribution is -2.01. The van der Waals surface area contributed by atoms with Crippen molar-refractivity contribution in [3.8, 4) is 5.75 Å². The van der Waals surface area contributed by atoms with Crippen molar-refractivity contribution < 1.29 is 9.53 Å². The summed E-state index contributed by atoms with van der Waals surface area (Å²) in [6.07, 6.45) is 1.67.